The number of hydrogen-bond donors (Lipinski definition) is 0. The predicted molar refractivity (Wildman–Crippen MR) is 93.1 cm³/mol. The Morgan fingerprint density at radius 1 is 1.00 bits per heavy atom. The molecule has 0 bridgehead atoms. The third-order valence-electron chi connectivity index (χ3n) is 3.84. The van der Waals surface area contributed by atoms with Gasteiger partial charge >= 0.3 is 0 Å². The molecular weight excluding hydrogens is 288 g/mol. The standard InChI is InChI=1S/C19H22N2O2/c1-13(2)12-21-16-8-6-5-7-15(16)20-19(21)14-9-10-17(22-3)18(11-14)23-4/h5-11,13H,12H2,1-4H3. The second-order valence-corrected chi connectivity index (χ2v) is 6.00. The van der Waals surface area contributed by atoms with Gasteiger partial charge in [0.2, 0.25) is 0 Å². The monoisotopic (exact) mass is 310 g/mol. The summed E-state index contributed by atoms with van der Waals surface area (Å²) in [5, 5.41) is 0. The molecule has 0 aliphatic heterocycles. The fraction of sp³-hybridized carbons (Fsp3) is 0.316. The molecule has 0 spiro atoms. The molecule has 2 aromatic carbocycles. The largest absolute Gasteiger partial charge is 0.493 e. The first-order valence-electron chi connectivity index (χ1n) is 7.81. The quantitative estimate of drug-likeness (QED) is 0.702. The van der Waals surface area contributed by atoms with Gasteiger partial charge in [-0.05, 0) is 36.2 Å². The summed E-state index contributed by atoms with van der Waals surface area (Å²) >= 11 is 0. The van der Waals surface area contributed by atoms with Crippen molar-refractivity contribution in [2.45, 2.75) is 20.4 Å². The molecule has 1 heterocycles. The zero-order chi connectivity index (χ0) is 16.4. The number of hydrogen-bond acceptors (Lipinski definition) is 3. The Morgan fingerprint density at radius 2 is 1.74 bits per heavy atom. The summed E-state index contributed by atoms with van der Waals surface area (Å²) in [6, 6.07) is 14.2. The van der Waals surface area contributed by atoms with Crippen molar-refractivity contribution in [3.63, 3.8) is 0 Å². The molecule has 4 nitrogen and oxygen atoms in total. The molecule has 0 unspecified atom stereocenters. The molecule has 0 saturated carbocycles. The number of fused-ring (bicyclic) bond motifs is 1. The summed E-state index contributed by atoms with van der Waals surface area (Å²) in [6.45, 7) is 5.35. The Kier molecular flexibility index (Phi) is 4.24. The van der Waals surface area contributed by atoms with E-state index < -0.39 is 0 Å². The summed E-state index contributed by atoms with van der Waals surface area (Å²) in [5.41, 5.74) is 3.20. The lowest BCUT2D eigenvalue weighted by molar-refractivity contribution is 0.355. The molecule has 1 aromatic heterocycles. The van der Waals surface area contributed by atoms with Crippen molar-refractivity contribution in [1.82, 2.24) is 9.55 Å². The number of imidazole rings is 1. The lowest BCUT2D eigenvalue weighted by atomic mass is 10.1. The van der Waals surface area contributed by atoms with Gasteiger partial charge in [-0.3, -0.25) is 0 Å². The van der Waals surface area contributed by atoms with E-state index >= 15 is 0 Å². The van der Waals surface area contributed by atoms with Gasteiger partial charge in [0.1, 0.15) is 5.82 Å². The van der Waals surface area contributed by atoms with E-state index in [1.54, 1.807) is 14.2 Å². The van der Waals surface area contributed by atoms with Gasteiger partial charge < -0.3 is 14.0 Å². The molecule has 0 saturated heterocycles. The predicted octanol–water partition coefficient (Wildman–Crippen LogP) is 4.38. The smallest absolute Gasteiger partial charge is 0.161 e. The number of methoxy groups -OCH3 is 2. The first kappa shape index (κ1) is 15.4. The van der Waals surface area contributed by atoms with Gasteiger partial charge in [-0.25, -0.2) is 4.98 Å². The Labute approximate surface area is 136 Å². The fourth-order valence-electron chi connectivity index (χ4n) is 2.82. The first-order chi connectivity index (χ1) is 11.1. The zero-order valence-electron chi connectivity index (χ0n) is 14.0. The van der Waals surface area contributed by atoms with E-state index in [0.717, 1.165) is 34.7 Å². The fourth-order valence-corrected chi connectivity index (χ4v) is 2.82. The van der Waals surface area contributed by atoms with E-state index in [1.165, 1.54) is 0 Å². The summed E-state index contributed by atoms with van der Waals surface area (Å²) in [5.74, 6) is 2.93. The van der Waals surface area contributed by atoms with E-state index in [2.05, 4.69) is 36.6 Å². The van der Waals surface area contributed by atoms with Crippen LogP contribution in [0.3, 0.4) is 0 Å². The van der Waals surface area contributed by atoms with Crippen molar-refractivity contribution >= 4 is 11.0 Å². The Bertz CT molecular complexity index is 821. The van der Waals surface area contributed by atoms with Crippen LogP contribution in [-0.4, -0.2) is 23.8 Å². The minimum atomic E-state index is 0.534. The molecule has 3 aromatic rings. The van der Waals surface area contributed by atoms with E-state index in [1.807, 2.05) is 24.3 Å². The molecule has 0 amide bonds. The topological polar surface area (TPSA) is 36.3 Å². The second-order valence-electron chi connectivity index (χ2n) is 6.00. The number of para-hydroxylation sites is 2. The summed E-state index contributed by atoms with van der Waals surface area (Å²) in [4.78, 5) is 4.83. The normalized spacial score (nSPS) is 11.2. The highest BCUT2D eigenvalue weighted by Gasteiger charge is 2.15. The summed E-state index contributed by atoms with van der Waals surface area (Å²) in [7, 11) is 3.30. The Hall–Kier alpha value is -2.49. The highest BCUT2D eigenvalue weighted by atomic mass is 16.5. The maximum absolute atomic E-state index is 5.43. The molecule has 0 N–H and O–H groups in total. The van der Waals surface area contributed by atoms with Crippen molar-refractivity contribution in [2.75, 3.05) is 14.2 Å². The van der Waals surface area contributed by atoms with Crippen LogP contribution in [0.4, 0.5) is 0 Å². The minimum absolute atomic E-state index is 0.534. The number of rotatable bonds is 5. The van der Waals surface area contributed by atoms with Gasteiger partial charge in [-0.2, -0.15) is 0 Å². The number of benzene rings is 2. The number of aromatic nitrogens is 2. The first-order valence-corrected chi connectivity index (χ1v) is 7.81. The average Bonchev–Trinajstić information content (AvgIpc) is 2.92. The Morgan fingerprint density at radius 3 is 2.43 bits per heavy atom. The molecule has 0 radical (unpaired) electrons. The SMILES string of the molecule is COc1ccc(-c2nc3ccccc3n2CC(C)C)cc1OC. The van der Waals surface area contributed by atoms with Gasteiger partial charge in [0.15, 0.2) is 11.5 Å². The van der Waals surface area contributed by atoms with Gasteiger partial charge in [-0.15, -0.1) is 0 Å². The lowest BCUT2D eigenvalue weighted by Crippen LogP contribution is -2.06. The number of nitrogens with zero attached hydrogens (tertiary/aromatic N) is 2. The Balaban J connectivity index is 2.19. The van der Waals surface area contributed by atoms with Crippen molar-refractivity contribution < 1.29 is 9.47 Å². The van der Waals surface area contributed by atoms with Crippen molar-refractivity contribution in [3.05, 3.63) is 42.5 Å². The van der Waals surface area contributed by atoms with Crippen LogP contribution in [0, 0.1) is 5.92 Å². The third-order valence-corrected chi connectivity index (χ3v) is 3.84. The van der Waals surface area contributed by atoms with E-state index in [9.17, 15) is 0 Å². The van der Waals surface area contributed by atoms with E-state index in [-0.39, 0.29) is 0 Å². The second kappa shape index (κ2) is 6.32. The van der Waals surface area contributed by atoms with Crippen LogP contribution >= 0.6 is 0 Å². The molecular formula is C19H22N2O2. The zero-order valence-corrected chi connectivity index (χ0v) is 14.0. The maximum atomic E-state index is 5.43. The highest BCUT2D eigenvalue weighted by molar-refractivity contribution is 5.81. The van der Waals surface area contributed by atoms with Crippen molar-refractivity contribution in [2.24, 2.45) is 5.92 Å². The molecule has 0 aliphatic rings. The molecule has 0 fully saturated rings. The lowest BCUT2D eigenvalue weighted by Gasteiger charge is -2.13. The molecule has 0 atom stereocenters. The summed E-state index contributed by atoms with van der Waals surface area (Å²) < 4.78 is 13.0. The van der Waals surface area contributed by atoms with Crippen LogP contribution in [0.25, 0.3) is 22.4 Å². The average molecular weight is 310 g/mol. The minimum Gasteiger partial charge on any atom is -0.493 e. The van der Waals surface area contributed by atoms with Crippen LogP contribution < -0.4 is 9.47 Å². The van der Waals surface area contributed by atoms with E-state index in [0.29, 0.717) is 11.7 Å². The van der Waals surface area contributed by atoms with Gasteiger partial charge in [0.05, 0.1) is 25.3 Å². The number of ether oxygens (including phenoxy) is 2. The molecule has 4 heteroatoms. The highest BCUT2D eigenvalue weighted by Crippen LogP contribution is 2.33. The maximum Gasteiger partial charge on any atom is 0.161 e. The summed E-state index contributed by atoms with van der Waals surface area (Å²) in [6.07, 6.45) is 0. The van der Waals surface area contributed by atoms with E-state index in [4.69, 9.17) is 14.5 Å². The van der Waals surface area contributed by atoms with Gasteiger partial charge in [0.25, 0.3) is 0 Å². The van der Waals surface area contributed by atoms with Crippen LogP contribution in [0.5, 0.6) is 11.5 Å². The third kappa shape index (κ3) is 2.89. The van der Waals surface area contributed by atoms with Gasteiger partial charge in [0, 0.05) is 12.1 Å². The molecule has 0 aliphatic carbocycles. The molecule has 23 heavy (non-hydrogen) atoms. The van der Waals surface area contributed by atoms with Crippen LogP contribution in [0.1, 0.15) is 13.8 Å². The van der Waals surface area contributed by atoms with Crippen molar-refractivity contribution in [3.8, 4) is 22.9 Å². The van der Waals surface area contributed by atoms with Crippen LogP contribution in [0.2, 0.25) is 0 Å². The molecule has 3 rings (SSSR count). The molecule has 120 valence electrons. The van der Waals surface area contributed by atoms with Crippen molar-refractivity contribution in [1.29, 1.82) is 0 Å². The van der Waals surface area contributed by atoms with Crippen LogP contribution in [-0.2, 0) is 6.54 Å². The van der Waals surface area contributed by atoms with Gasteiger partial charge in [-0.1, -0.05) is 26.0 Å². The van der Waals surface area contributed by atoms with Crippen LogP contribution in [0.15, 0.2) is 42.5 Å².